The normalized spacial score (nSPS) is 15.9. The first-order chi connectivity index (χ1) is 5.43. The Morgan fingerprint density at radius 1 is 1.58 bits per heavy atom. The molecule has 0 amide bonds. The van der Waals surface area contributed by atoms with Gasteiger partial charge in [-0.05, 0) is 13.0 Å². The van der Waals surface area contributed by atoms with Gasteiger partial charge in [0.2, 0.25) is 0 Å². The van der Waals surface area contributed by atoms with E-state index < -0.39 is 8.07 Å². The maximum absolute atomic E-state index is 9.84. The van der Waals surface area contributed by atoms with Crippen molar-refractivity contribution in [2.24, 2.45) is 4.99 Å². The third-order valence-corrected chi connectivity index (χ3v) is 3.59. The first-order valence-corrected chi connectivity index (χ1v) is 7.86. The average molecular weight is 185 g/mol. The highest BCUT2D eigenvalue weighted by Crippen LogP contribution is 2.09. The quantitative estimate of drug-likeness (QED) is 0.526. The smallest absolute Gasteiger partial charge is 0.0859 e. The van der Waals surface area contributed by atoms with Crippen LogP contribution in [0.25, 0.3) is 0 Å². The van der Waals surface area contributed by atoms with Gasteiger partial charge in [-0.3, -0.25) is 4.99 Å². The maximum Gasteiger partial charge on any atom is 0.0859 e. The molecule has 3 heteroatoms. The van der Waals surface area contributed by atoms with E-state index in [0.29, 0.717) is 6.54 Å². The third kappa shape index (κ3) is 3.32. The number of rotatable bonds is 4. The highest BCUT2D eigenvalue weighted by Gasteiger charge is 2.27. The van der Waals surface area contributed by atoms with Crippen molar-refractivity contribution in [3.8, 4) is 0 Å². The molecule has 0 spiro atoms. The second kappa shape index (κ2) is 4.57. The fourth-order valence-electron chi connectivity index (χ4n) is 0.889. The van der Waals surface area contributed by atoms with E-state index in [1.807, 2.05) is 6.92 Å². The van der Waals surface area contributed by atoms with E-state index in [0.717, 1.165) is 5.71 Å². The molecule has 1 atom stereocenters. The lowest BCUT2D eigenvalue weighted by Gasteiger charge is -2.23. The van der Waals surface area contributed by atoms with Crippen molar-refractivity contribution in [2.45, 2.75) is 32.3 Å². The van der Waals surface area contributed by atoms with Crippen molar-refractivity contribution >= 4 is 13.8 Å². The molecule has 0 rings (SSSR count). The third-order valence-electron chi connectivity index (χ3n) is 1.65. The van der Waals surface area contributed by atoms with Crippen LogP contribution in [-0.2, 0) is 0 Å². The average Bonchev–Trinajstić information content (AvgIpc) is 1.97. The van der Waals surface area contributed by atoms with Crippen LogP contribution in [0.2, 0.25) is 19.6 Å². The van der Waals surface area contributed by atoms with Crippen molar-refractivity contribution in [3.63, 3.8) is 0 Å². The Labute approximate surface area is 76.0 Å². The van der Waals surface area contributed by atoms with E-state index in [4.69, 9.17) is 0 Å². The molecule has 12 heavy (non-hydrogen) atoms. The number of hydrogen-bond acceptors (Lipinski definition) is 2. The topological polar surface area (TPSA) is 32.6 Å². The molecule has 0 aliphatic heterocycles. The van der Waals surface area contributed by atoms with Gasteiger partial charge in [0.05, 0.1) is 19.5 Å². The molecule has 1 N–H and O–H groups in total. The molecule has 0 heterocycles. The summed E-state index contributed by atoms with van der Waals surface area (Å²) in [6.45, 7) is 12.7. The Balaban J connectivity index is 4.53. The molecule has 0 aromatic carbocycles. The van der Waals surface area contributed by atoms with E-state index in [1.165, 1.54) is 0 Å². The number of nitrogens with zero attached hydrogens (tertiary/aromatic N) is 1. The van der Waals surface area contributed by atoms with Crippen molar-refractivity contribution in [2.75, 3.05) is 6.54 Å². The Morgan fingerprint density at radius 3 is 2.33 bits per heavy atom. The molecule has 0 radical (unpaired) electrons. The van der Waals surface area contributed by atoms with E-state index in [9.17, 15) is 5.11 Å². The minimum Gasteiger partial charge on any atom is -0.390 e. The van der Waals surface area contributed by atoms with Crippen LogP contribution in [0.4, 0.5) is 0 Å². The largest absolute Gasteiger partial charge is 0.390 e. The van der Waals surface area contributed by atoms with Crippen LogP contribution in [0, 0.1) is 0 Å². The van der Waals surface area contributed by atoms with Gasteiger partial charge >= 0.3 is 0 Å². The predicted molar refractivity (Wildman–Crippen MR) is 57.5 cm³/mol. The molecule has 70 valence electrons. The fourth-order valence-corrected chi connectivity index (χ4v) is 1.99. The second-order valence-corrected chi connectivity index (χ2v) is 9.15. The molecule has 0 aromatic rings. The van der Waals surface area contributed by atoms with Gasteiger partial charge in [-0.25, -0.2) is 0 Å². The lowest BCUT2D eigenvalue weighted by molar-refractivity contribution is 0.308. The van der Waals surface area contributed by atoms with Gasteiger partial charge in [-0.1, -0.05) is 26.2 Å². The van der Waals surface area contributed by atoms with Crippen molar-refractivity contribution in [1.82, 2.24) is 0 Å². The molecule has 0 saturated heterocycles. The van der Waals surface area contributed by atoms with E-state index >= 15 is 0 Å². The van der Waals surface area contributed by atoms with Crippen molar-refractivity contribution in [1.29, 1.82) is 0 Å². The number of aliphatic hydroxyl groups excluding tert-OH is 1. The maximum atomic E-state index is 9.84. The summed E-state index contributed by atoms with van der Waals surface area (Å²) in [5, 5.41) is 9.84. The van der Waals surface area contributed by atoms with Gasteiger partial charge < -0.3 is 5.11 Å². The molecular formula is C9H19NOSi. The van der Waals surface area contributed by atoms with Gasteiger partial charge in [0.1, 0.15) is 0 Å². The second-order valence-electron chi connectivity index (χ2n) is 3.87. The summed E-state index contributed by atoms with van der Waals surface area (Å²) in [6.07, 6.45) is 1.66. The SMILES string of the molecule is C=CC(=NCC)C(O)[Si](C)(C)C. The van der Waals surface area contributed by atoms with E-state index in [1.54, 1.807) is 6.08 Å². The first-order valence-electron chi connectivity index (χ1n) is 4.28. The molecule has 2 nitrogen and oxygen atoms in total. The summed E-state index contributed by atoms with van der Waals surface area (Å²) < 4.78 is 0. The zero-order valence-electron chi connectivity index (χ0n) is 8.46. The molecule has 0 saturated carbocycles. The van der Waals surface area contributed by atoms with Crippen LogP contribution in [0.1, 0.15) is 6.92 Å². The summed E-state index contributed by atoms with van der Waals surface area (Å²) in [4.78, 5) is 4.19. The van der Waals surface area contributed by atoms with Crippen LogP contribution in [0.3, 0.4) is 0 Å². The highest BCUT2D eigenvalue weighted by molar-refractivity contribution is 6.80. The van der Waals surface area contributed by atoms with Crippen LogP contribution in [0.5, 0.6) is 0 Å². The molecule has 0 bridgehead atoms. The van der Waals surface area contributed by atoms with Crippen molar-refractivity contribution < 1.29 is 5.11 Å². The Hall–Kier alpha value is -0.413. The zero-order valence-corrected chi connectivity index (χ0v) is 9.46. The lowest BCUT2D eigenvalue weighted by Crippen LogP contribution is -2.43. The van der Waals surface area contributed by atoms with E-state index in [2.05, 4.69) is 31.2 Å². The molecule has 0 aliphatic rings. The van der Waals surface area contributed by atoms with Gasteiger partial charge in [0.25, 0.3) is 0 Å². The van der Waals surface area contributed by atoms with Crippen LogP contribution < -0.4 is 0 Å². The molecule has 0 aliphatic carbocycles. The standard InChI is InChI=1S/C9H19NOSi/c1-6-8(10-7-2)9(11)12(3,4)5/h6,9,11H,1,7H2,2-5H3. The minimum atomic E-state index is -1.53. The zero-order chi connectivity index (χ0) is 9.78. The van der Waals surface area contributed by atoms with E-state index in [-0.39, 0.29) is 5.73 Å². The number of aliphatic imine (C=N–C) groups is 1. The van der Waals surface area contributed by atoms with Gasteiger partial charge in [0.15, 0.2) is 0 Å². The van der Waals surface area contributed by atoms with Crippen molar-refractivity contribution in [3.05, 3.63) is 12.7 Å². The van der Waals surface area contributed by atoms with Crippen LogP contribution in [-0.4, -0.2) is 31.2 Å². The predicted octanol–water partition coefficient (Wildman–Crippen LogP) is 1.87. The minimum absolute atomic E-state index is 0.380. The number of hydrogen-bond donors (Lipinski definition) is 1. The Kier molecular flexibility index (Phi) is 4.42. The molecular weight excluding hydrogens is 166 g/mol. The molecule has 1 unspecified atom stereocenters. The Morgan fingerprint density at radius 2 is 2.08 bits per heavy atom. The van der Waals surface area contributed by atoms with Crippen LogP contribution >= 0.6 is 0 Å². The van der Waals surface area contributed by atoms with Crippen LogP contribution in [0.15, 0.2) is 17.6 Å². The first kappa shape index (κ1) is 11.6. The summed E-state index contributed by atoms with van der Waals surface area (Å²) in [5.41, 5.74) is 0.367. The van der Waals surface area contributed by atoms with Gasteiger partial charge in [-0.2, -0.15) is 0 Å². The van der Waals surface area contributed by atoms with Gasteiger partial charge in [-0.15, -0.1) is 0 Å². The summed E-state index contributed by atoms with van der Waals surface area (Å²) >= 11 is 0. The highest BCUT2D eigenvalue weighted by atomic mass is 28.3. The van der Waals surface area contributed by atoms with Gasteiger partial charge in [0, 0.05) is 6.54 Å². The lowest BCUT2D eigenvalue weighted by atomic mass is 10.4. The number of aliphatic hydroxyl groups is 1. The summed E-state index contributed by atoms with van der Waals surface area (Å²) in [5.74, 6) is 0. The summed E-state index contributed by atoms with van der Waals surface area (Å²) in [7, 11) is -1.53. The monoisotopic (exact) mass is 185 g/mol. The summed E-state index contributed by atoms with van der Waals surface area (Å²) in [6, 6.07) is 0. The molecule has 0 aromatic heterocycles. The molecule has 0 fully saturated rings. The Bertz CT molecular complexity index is 181. The fraction of sp³-hybridized carbons (Fsp3) is 0.667.